The quantitative estimate of drug-likeness (QED) is 0.902. The molecule has 0 saturated carbocycles. The Morgan fingerprint density at radius 2 is 2.18 bits per heavy atom. The van der Waals surface area contributed by atoms with E-state index in [0.717, 1.165) is 22.7 Å². The average molecular weight is 251 g/mol. The van der Waals surface area contributed by atoms with Crippen molar-refractivity contribution in [2.75, 3.05) is 7.05 Å². The van der Waals surface area contributed by atoms with E-state index in [-0.39, 0.29) is 6.04 Å². The van der Waals surface area contributed by atoms with Crippen LogP contribution < -0.4 is 5.32 Å². The van der Waals surface area contributed by atoms with Crippen LogP contribution in [0.5, 0.6) is 0 Å². The molecule has 0 aliphatic carbocycles. The maximum atomic E-state index is 6.16. The van der Waals surface area contributed by atoms with E-state index in [0.29, 0.717) is 0 Å². The number of nitrogens with one attached hydrogen (secondary N) is 1. The van der Waals surface area contributed by atoms with Crippen LogP contribution in [0.4, 0.5) is 0 Å². The lowest BCUT2D eigenvalue weighted by Gasteiger charge is -2.16. The van der Waals surface area contributed by atoms with Gasteiger partial charge in [-0.3, -0.25) is 4.68 Å². The van der Waals surface area contributed by atoms with Crippen LogP contribution in [0.1, 0.15) is 17.3 Å². The molecular formula is C12H15ClN4. The van der Waals surface area contributed by atoms with Crippen LogP contribution in [-0.2, 0) is 13.5 Å². The molecule has 5 heteroatoms. The Bertz CT molecular complexity index is 495. The molecule has 4 nitrogen and oxygen atoms in total. The summed E-state index contributed by atoms with van der Waals surface area (Å²) < 4.78 is 1.78. The molecule has 0 saturated heterocycles. The predicted octanol–water partition coefficient (Wildman–Crippen LogP) is 1.97. The minimum Gasteiger partial charge on any atom is -0.311 e. The fourth-order valence-electron chi connectivity index (χ4n) is 1.85. The molecule has 0 amide bonds. The molecule has 1 heterocycles. The van der Waals surface area contributed by atoms with E-state index in [2.05, 4.69) is 15.6 Å². The monoisotopic (exact) mass is 250 g/mol. The second kappa shape index (κ2) is 5.29. The van der Waals surface area contributed by atoms with Crippen molar-refractivity contribution in [1.82, 2.24) is 20.3 Å². The Labute approximate surface area is 106 Å². The first kappa shape index (κ1) is 12.1. The summed E-state index contributed by atoms with van der Waals surface area (Å²) in [6.45, 7) is 0. The van der Waals surface area contributed by atoms with Gasteiger partial charge in [0.2, 0.25) is 0 Å². The molecule has 1 aromatic heterocycles. The number of hydrogen-bond donors (Lipinski definition) is 1. The maximum Gasteiger partial charge on any atom is 0.0756 e. The van der Waals surface area contributed by atoms with E-state index in [4.69, 9.17) is 11.6 Å². The molecule has 0 radical (unpaired) electrons. The summed E-state index contributed by atoms with van der Waals surface area (Å²) in [6, 6.07) is 8.04. The van der Waals surface area contributed by atoms with Crippen molar-refractivity contribution in [1.29, 1.82) is 0 Å². The van der Waals surface area contributed by atoms with E-state index in [1.54, 1.807) is 10.9 Å². The minimum absolute atomic E-state index is 0.162. The van der Waals surface area contributed by atoms with Gasteiger partial charge in [0.15, 0.2) is 0 Å². The van der Waals surface area contributed by atoms with E-state index >= 15 is 0 Å². The van der Waals surface area contributed by atoms with Crippen LogP contribution in [0.15, 0.2) is 30.5 Å². The summed E-state index contributed by atoms with van der Waals surface area (Å²) in [5, 5.41) is 11.9. The maximum absolute atomic E-state index is 6.16. The fourth-order valence-corrected chi connectivity index (χ4v) is 2.06. The lowest BCUT2D eigenvalue weighted by atomic mass is 10.0. The molecule has 17 heavy (non-hydrogen) atoms. The highest BCUT2D eigenvalue weighted by Crippen LogP contribution is 2.22. The molecule has 2 aromatic rings. The zero-order valence-corrected chi connectivity index (χ0v) is 10.6. The lowest BCUT2D eigenvalue weighted by Crippen LogP contribution is -2.21. The smallest absolute Gasteiger partial charge is 0.0756 e. The fraction of sp³-hybridized carbons (Fsp3) is 0.333. The lowest BCUT2D eigenvalue weighted by molar-refractivity contribution is 0.534. The normalized spacial score (nSPS) is 12.6. The van der Waals surface area contributed by atoms with Crippen molar-refractivity contribution >= 4 is 11.6 Å². The third-order valence-electron chi connectivity index (χ3n) is 2.84. The Balaban J connectivity index is 2.22. The van der Waals surface area contributed by atoms with Crippen molar-refractivity contribution in [2.24, 2.45) is 7.05 Å². The Morgan fingerprint density at radius 3 is 2.76 bits per heavy atom. The number of hydrogen-bond acceptors (Lipinski definition) is 3. The average Bonchev–Trinajstić information content (AvgIpc) is 2.75. The van der Waals surface area contributed by atoms with Crippen molar-refractivity contribution < 1.29 is 0 Å². The number of aryl methyl sites for hydroxylation is 1. The van der Waals surface area contributed by atoms with Crippen LogP contribution in [0, 0.1) is 0 Å². The highest BCUT2D eigenvalue weighted by atomic mass is 35.5. The molecule has 0 fully saturated rings. The van der Waals surface area contributed by atoms with Crippen LogP contribution in [0.2, 0.25) is 5.02 Å². The molecule has 1 unspecified atom stereocenters. The second-order valence-corrected chi connectivity index (χ2v) is 4.33. The number of rotatable bonds is 4. The summed E-state index contributed by atoms with van der Waals surface area (Å²) in [4.78, 5) is 0. The highest BCUT2D eigenvalue weighted by molar-refractivity contribution is 6.31. The summed E-state index contributed by atoms with van der Waals surface area (Å²) >= 11 is 6.16. The summed E-state index contributed by atoms with van der Waals surface area (Å²) in [7, 11) is 3.81. The topological polar surface area (TPSA) is 42.7 Å². The van der Waals surface area contributed by atoms with Gasteiger partial charge in [0.05, 0.1) is 17.9 Å². The SMILES string of the molecule is CNC(Cc1ccccc1Cl)c1cnnn1C. The van der Waals surface area contributed by atoms with Gasteiger partial charge in [0, 0.05) is 12.1 Å². The first-order valence-electron chi connectivity index (χ1n) is 5.47. The molecular weight excluding hydrogens is 236 g/mol. The Morgan fingerprint density at radius 1 is 1.41 bits per heavy atom. The zero-order valence-electron chi connectivity index (χ0n) is 9.89. The summed E-state index contributed by atoms with van der Waals surface area (Å²) in [6.07, 6.45) is 2.59. The number of aromatic nitrogens is 3. The van der Waals surface area contributed by atoms with Crippen molar-refractivity contribution in [2.45, 2.75) is 12.5 Å². The molecule has 0 aliphatic rings. The van der Waals surface area contributed by atoms with Gasteiger partial charge in [-0.25, -0.2) is 0 Å². The second-order valence-electron chi connectivity index (χ2n) is 3.92. The van der Waals surface area contributed by atoms with Gasteiger partial charge in [-0.1, -0.05) is 35.0 Å². The van der Waals surface area contributed by atoms with Gasteiger partial charge >= 0.3 is 0 Å². The Kier molecular flexibility index (Phi) is 3.76. The number of likely N-dealkylation sites (N-methyl/N-ethyl adjacent to an activating group) is 1. The first-order chi connectivity index (χ1) is 8.22. The van der Waals surface area contributed by atoms with E-state index < -0.39 is 0 Å². The van der Waals surface area contributed by atoms with Crippen molar-refractivity contribution in [3.63, 3.8) is 0 Å². The number of halogens is 1. The first-order valence-corrected chi connectivity index (χ1v) is 5.85. The van der Waals surface area contributed by atoms with Gasteiger partial charge < -0.3 is 5.32 Å². The van der Waals surface area contributed by atoms with Crippen LogP contribution in [0.25, 0.3) is 0 Å². The van der Waals surface area contributed by atoms with Crippen LogP contribution >= 0.6 is 11.6 Å². The van der Waals surface area contributed by atoms with Gasteiger partial charge in [-0.05, 0) is 25.1 Å². The summed E-state index contributed by atoms with van der Waals surface area (Å²) in [5.41, 5.74) is 2.17. The molecule has 1 N–H and O–H groups in total. The molecule has 1 atom stereocenters. The molecule has 0 aliphatic heterocycles. The standard InChI is InChI=1S/C12H15ClN4/c1-14-11(12-8-15-16-17(12)2)7-9-5-3-4-6-10(9)13/h3-6,8,11,14H,7H2,1-2H3. The molecule has 0 bridgehead atoms. The summed E-state index contributed by atoms with van der Waals surface area (Å²) in [5.74, 6) is 0. The van der Waals surface area contributed by atoms with E-state index in [9.17, 15) is 0 Å². The predicted molar refractivity (Wildman–Crippen MR) is 68.0 cm³/mol. The van der Waals surface area contributed by atoms with Gasteiger partial charge in [0.1, 0.15) is 0 Å². The van der Waals surface area contributed by atoms with Crippen LogP contribution in [0.3, 0.4) is 0 Å². The highest BCUT2D eigenvalue weighted by Gasteiger charge is 2.15. The van der Waals surface area contributed by atoms with Gasteiger partial charge in [-0.2, -0.15) is 0 Å². The molecule has 0 spiro atoms. The molecule has 1 aromatic carbocycles. The van der Waals surface area contributed by atoms with Crippen LogP contribution in [-0.4, -0.2) is 22.0 Å². The van der Waals surface area contributed by atoms with E-state index in [1.807, 2.05) is 38.4 Å². The molecule has 2 rings (SSSR count). The van der Waals surface area contributed by atoms with Gasteiger partial charge in [-0.15, -0.1) is 5.10 Å². The van der Waals surface area contributed by atoms with Crippen molar-refractivity contribution in [3.8, 4) is 0 Å². The number of benzene rings is 1. The Hall–Kier alpha value is -1.39. The minimum atomic E-state index is 0.162. The number of nitrogens with zero attached hydrogens (tertiary/aromatic N) is 3. The van der Waals surface area contributed by atoms with E-state index in [1.165, 1.54) is 0 Å². The third kappa shape index (κ3) is 2.65. The molecule has 90 valence electrons. The van der Waals surface area contributed by atoms with Crippen molar-refractivity contribution in [3.05, 3.63) is 46.7 Å². The third-order valence-corrected chi connectivity index (χ3v) is 3.21. The largest absolute Gasteiger partial charge is 0.311 e. The zero-order chi connectivity index (χ0) is 12.3. The van der Waals surface area contributed by atoms with Gasteiger partial charge in [0.25, 0.3) is 0 Å².